The van der Waals surface area contributed by atoms with E-state index in [9.17, 15) is 4.79 Å². The Morgan fingerprint density at radius 1 is 1.75 bits per heavy atom. The Morgan fingerprint density at radius 3 is 3.00 bits per heavy atom. The third kappa shape index (κ3) is 2.58. The van der Waals surface area contributed by atoms with E-state index in [2.05, 4.69) is 31.4 Å². The number of aromatic nitrogens is 2. The van der Waals surface area contributed by atoms with E-state index in [1.807, 2.05) is 0 Å². The van der Waals surface area contributed by atoms with Crippen LogP contribution in [-0.4, -0.2) is 20.9 Å². The molecule has 64 valence electrons. The molecule has 1 atom stereocenters. The van der Waals surface area contributed by atoms with E-state index in [4.69, 9.17) is 0 Å². The molecule has 0 aliphatic carbocycles. The van der Waals surface area contributed by atoms with Crippen LogP contribution in [0.15, 0.2) is 18.3 Å². The number of nitrogens with one attached hydrogen (secondary N) is 1. The molecule has 1 N–H and O–H groups in total. The van der Waals surface area contributed by atoms with Gasteiger partial charge >= 0.3 is 0 Å². The summed E-state index contributed by atoms with van der Waals surface area (Å²) in [6, 6.07) is 3.39. The van der Waals surface area contributed by atoms with E-state index < -0.39 is 0 Å². The maximum Gasteiger partial charge on any atom is 0.239 e. The van der Waals surface area contributed by atoms with Gasteiger partial charge in [0.05, 0.1) is 4.83 Å². The van der Waals surface area contributed by atoms with E-state index in [-0.39, 0.29) is 10.7 Å². The summed E-state index contributed by atoms with van der Waals surface area (Å²) < 4.78 is 0. The van der Waals surface area contributed by atoms with Gasteiger partial charge in [0.15, 0.2) is 5.82 Å². The molecule has 0 fully saturated rings. The van der Waals surface area contributed by atoms with Gasteiger partial charge in [-0.1, -0.05) is 15.9 Å². The highest BCUT2D eigenvalue weighted by Gasteiger charge is 2.08. The minimum absolute atomic E-state index is 0.129. The monoisotopic (exact) mass is 229 g/mol. The van der Waals surface area contributed by atoms with Gasteiger partial charge in [-0.3, -0.25) is 4.79 Å². The van der Waals surface area contributed by atoms with Crippen LogP contribution in [0.5, 0.6) is 0 Å². The van der Waals surface area contributed by atoms with Gasteiger partial charge in [0.1, 0.15) is 0 Å². The Kier molecular flexibility index (Phi) is 3.16. The van der Waals surface area contributed by atoms with Crippen LogP contribution < -0.4 is 5.32 Å². The molecule has 1 aromatic heterocycles. The van der Waals surface area contributed by atoms with E-state index in [1.54, 1.807) is 25.3 Å². The largest absolute Gasteiger partial charge is 0.308 e. The fourth-order valence-electron chi connectivity index (χ4n) is 0.594. The molecule has 1 amide bonds. The number of amides is 1. The van der Waals surface area contributed by atoms with Crippen LogP contribution in [0.2, 0.25) is 0 Å². The first-order chi connectivity index (χ1) is 5.70. The van der Waals surface area contributed by atoms with Gasteiger partial charge in [-0.05, 0) is 19.1 Å². The molecule has 1 aromatic rings. The summed E-state index contributed by atoms with van der Waals surface area (Å²) in [5, 5.41) is 9.90. The van der Waals surface area contributed by atoms with Gasteiger partial charge in [-0.15, -0.1) is 5.10 Å². The number of rotatable bonds is 2. The molecule has 1 unspecified atom stereocenters. The van der Waals surface area contributed by atoms with Crippen LogP contribution in [0, 0.1) is 0 Å². The number of carbonyl (C=O) groups is 1. The Bertz CT molecular complexity index is 263. The normalized spacial score (nSPS) is 12.2. The molecular weight excluding hydrogens is 222 g/mol. The number of hydrogen-bond donors (Lipinski definition) is 1. The lowest BCUT2D eigenvalue weighted by Gasteiger charge is -2.03. The lowest BCUT2D eigenvalue weighted by atomic mass is 10.4. The Hall–Kier alpha value is -0.970. The molecule has 0 bridgehead atoms. The highest BCUT2D eigenvalue weighted by molar-refractivity contribution is 9.10. The van der Waals surface area contributed by atoms with Crippen molar-refractivity contribution in [1.29, 1.82) is 0 Å². The van der Waals surface area contributed by atoms with Crippen molar-refractivity contribution in [3.05, 3.63) is 18.3 Å². The number of anilines is 1. The van der Waals surface area contributed by atoms with Crippen LogP contribution in [0.3, 0.4) is 0 Å². The first kappa shape index (κ1) is 9.12. The number of hydrogen-bond acceptors (Lipinski definition) is 3. The summed E-state index contributed by atoms with van der Waals surface area (Å²) in [5.41, 5.74) is 0. The molecule has 12 heavy (non-hydrogen) atoms. The maximum absolute atomic E-state index is 11.1. The van der Waals surface area contributed by atoms with Crippen LogP contribution in [0.4, 0.5) is 5.82 Å². The molecule has 5 heteroatoms. The third-order valence-electron chi connectivity index (χ3n) is 1.18. The zero-order valence-corrected chi connectivity index (χ0v) is 8.08. The zero-order valence-electron chi connectivity index (χ0n) is 6.49. The van der Waals surface area contributed by atoms with E-state index in [0.29, 0.717) is 5.82 Å². The third-order valence-corrected chi connectivity index (χ3v) is 1.60. The minimum Gasteiger partial charge on any atom is -0.308 e. The highest BCUT2D eigenvalue weighted by atomic mass is 79.9. The average Bonchev–Trinajstić information content (AvgIpc) is 2.06. The molecule has 1 heterocycles. The Balaban J connectivity index is 2.59. The van der Waals surface area contributed by atoms with Crippen LogP contribution >= 0.6 is 15.9 Å². The van der Waals surface area contributed by atoms with Gasteiger partial charge in [-0.25, -0.2) is 0 Å². The Labute approximate surface area is 78.5 Å². The van der Waals surface area contributed by atoms with Gasteiger partial charge in [-0.2, -0.15) is 5.10 Å². The topological polar surface area (TPSA) is 54.9 Å². The predicted octanol–water partition coefficient (Wildman–Crippen LogP) is 1.20. The maximum atomic E-state index is 11.1. The summed E-state index contributed by atoms with van der Waals surface area (Å²) in [6.45, 7) is 1.74. The number of alkyl halides is 1. The SMILES string of the molecule is CC(Br)C(=O)Nc1cccnn1. The average molecular weight is 230 g/mol. The molecule has 1 rings (SSSR count). The standard InChI is InChI=1S/C7H8BrN3O/c1-5(8)7(12)10-6-3-2-4-9-11-6/h2-5H,1H3,(H,10,11,12). The summed E-state index contributed by atoms with van der Waals surface area (Å²) >= 11 is 3.14. The minimum atomic E-state index is -0.223. The Morgan fingerprint density at radius 2 is 2.50 bits per heavy atom. The van der Waals surface area contributed by atoms with Crippen molar-refractivity contribution >= 4 is 27.7 Å². The second kappa shape index (κ2) is 4.15. The lowest BCUT2D eigenvalue weighted by Crippen LogP contribution is -2.20. The summed E-state index contributed by atoms with van der Waals surface area (Å²) in [7, 11) is 0. The van der Waals surface area contributed by atoms with E-state index in [1.165, 1.54) is 0 Å². The van der Waals surface area contributed by atoms with E-state index in [0.717, 1.165) is 0 Å². The smallest absolute Gasteiger partial charge is 0.239 e. The van der Waals surface area contributed by atoms with Crippen LogP contribution in [0.1, 0.15) is 6.92 Å². The second-order valence-electron chi connectivity index (χ2n) is 2.21. The first-order valence-corrected chi connectivity index (χ1v) is 4.34. The quantitative estimate of drug-likeness (QED) is 0.776. The predicted molar refractivity (Wildman–Crippen MR) is 49.1 cm³/mol. The molecule has 0 radical (unpaired) electrons. The van der Waals surface area contributed by atoms with Crippen molar-refractivity contribution in [1.82, 2.24) is 10.2 Å². The van der Waals surface area contributed by atoms with Gasteiger partial charge < -0.3 is 5.32 Å². The molecule has 0 aliphatic rings. The van der Waals surface area contributed by atoms with Crippen molar-refractivity contribution in [2.45, 2.75) is 11.8 Å². The number of carbonyl (C=O) groups excluding carboxylic acids is 1. The van der Waals surface area contributed by atoms with Crippen molar-refractivity contribution < 1.29 is 4.79 Å². The van der Waals surface area contributed by atoms with Gasteiger partial charge in [0.2, 0.25) is 5.91 Å². The summed E-state index contributed by atoms with van der Waals surface area (Å²) in [4.78, 5) is 10.9. The van der Waals surface area contributed by atoms with E-state index >= 15 is 0 Å². The molecule has 0 saturated heterocycles. The van der Waals surface area contributed by atoms with Crippen molar-refractivity contribution in [2.24, 2.45) is 0 Å². The van der Waals surface area contributed by atoms with Crippen molar-refractivity contribution in [2.75, 3.05) is 5.32 Å². The fraction of sp³-hybridized carbons (Fsp3) is 0.286. The molecule has 0 saturated carbocycles. The van der Waals surface area contributed by atoms with Crippen molar-refractivity contribution in [3.63, 3.8) is 0 Å². The van der Waals surface area contributed by atoms with Crippen LogP contribution in [0.25, 0.3) is 0 Å². The first-order valence-electron chi connectivity index (χ1n) is 3.43. The molecular formula is C7H8BrN3O. The summed E-state index contributed by atoms with van der Waals surface area (Å²) in [6.07, 6.45) is 1.55. The summed E-state index contributed by atoms with van der Waals surface area (Å²) in [5.74, 6) is 0.337. The lowest BCUT2D eigenvalue weighted by molar-refractivity contribution is -0.115. The molecule has 0 aliphatic heterocycles. The fourth-order valence-corrected chi connectivity index (χ4v) is 0.708. The zero-order chi connectivity index (χ0) is 8.97. The van der Waals surface area contributed by atoms with Gasteiger partial charge in [0, 0.05) is 6.20 Å². The number of nitrogens with zero attached hydrogens (tertiary/aromatic N) is 2. The van der Waals surface area contributed by atoms with Crippen LogP contribution in [-0.2, 0) is 4.79 Å². The highest BCUT2D eigenvalue weighted by Crippen LogP contribution is 2.03. The van der Waals surface area contributed by atoms with Crippen molar-refractivity contribution in [3.8, 4) is 0 Å². The van der Waals surface area contributed by atoms with Gasteiger partial charge in [0.25, 0.3) is 0 Å². The molecule has 0 aromatic carbocycles. The number of halogens is 1. The second-order valence-corrected chi connectivity index (χ2v) is 3.59. The molecule has 4 nitrogen and oxygen atoms in total. The molecule has 0 spiro atoms.